The number of carbonyl (C=O) groups is 2. The monoisotopic (exact) mass is 1800 g/mol. The van der Waals surface area contributed by atoms with Crippen LogP contribution in [0.1, 0.15) is 160 Å². The molecule has 0 saturated heterocycles. The van der Waals surface area contributed by atoms with Crippen molar-refractivity contribution in [3.05, 3.63) is 18.7 Å². The number of aliphatic hydroxyl groups excluding tert-OH is 1. The van der Waals surface area contributed by atoms with Crippen LogP contribution < -0.4 is 4.57 Å². The Morgan fingerprint density at radius 2 is 0.658 bits per heavy atom. The zero-order valence-electron chi connectivity index (χ0n) is 64.1. The van der Waals surface area contributed by atoms with Crippen LogP contribution in [0, 0.1) is 498 Å². The van der Waals surface area contributed by atoms with Crippen LogP contribution in [0.3, 0.4) is 0 Å². The van der Waals surface area contributed by atoms with E-state index in [0.717, 1.165) is 11.3 Å². The van der Waals surface area contributed by atoms with Crippen LogP contribution in [-0.4, -0.2) is 79.3 Å². The summed E-state index contributed by atoms with van der Waals surface area (Å²) in [6.45, 7) is 10.1. The highest BCUT2D eigenvalue weighted by molar-refractivity contribution is 14.1. The number of hydrogen-bond acceptors (Lipinski definition) is 7. The van der Waals surface area contributed by atoms with Gasteiger partial charge in [0.2, 0.25) is 6.33 Å². The van der Waals surface area contributed by atoms with Crippen LogP contribution in [0.15, 0.2) is 18.7 Å². The van der Waals surface area contributed by atoms with Crippen molar-refractivity contribution in [2.75, 3.05) is 31.7 Å². The lowest BCUT2D eigenvalue weighted by Crippen LogP contribution is -2.24. The number of hydroxylamine groups is 2. The summed E-state index contributed by atoms with van der Waals surface area (Å²) in [5, 5.41) is 9.80. The lowest BCUT2D eigenvalue weighted by molar-refractivity contribution is -0.671. The third-order valence-corrected chi connectivity index (χ3v) is 8.60. The average Bonchev–Trinajstić information content (AvgIpc) is 1.77. The highest BCUT2D eigenvalue weighted by atomic mass is 127. The van der Waals surface area contributed by atoms with Gasteiger partial charge >= 0.3 is 5.91 Å². The topological polar surface area (TPSA) is 119 Å². The second kappa shape index (κ2) is 96.7. The molecule has 1 rings (SSSR count). The summed E-state index contributed by atoms with van der Waals surface area (Å²) in [5.41, 5.74) is 0. The molecule has 0 radical (unpaired) electrons. The zero-order valence-corrected chi connectivity index (χ0v) is 67.8. The van der Waals surface area contributed by atoms with E-state index < -0.39 is 28.2 Å². The number of rotatable bonds is 4. The second-order valence-electron chi connectivity index (χ2n) is 16.2. The fourth-order valence-electron chi connectivity index (χ4n) is 3.99. The van der Waals surface area contributed by atoms with Gasteiger partial charge in [-0.2, -0.15) is 8.42 Å². The maximum atomic E-state index is 11.2. The lowest BCUT2D eigenvalue weighted by atomic mass is 10.3. The van der Waals surface area contributed by atoms with Crippen LogP contribution in [0.5, 0.6) is 0 Å². The normalized spacial score (nSPS) is 6.16. The minimum Gasteiger partial charge on any atom is -0.381 e. The molecule has 0 aromatic carbocycles. The van der Waals surface area contributed by atoms with Gasteiger partial charge in [-0.1, -0.05) is 52.2 Å². The molecule has 0 saturated carbocycles. The smallest absolute Gasteiger partial charge is 0.322 e. The van der Waals surface area contributed by atoms with E-state index in [1.807, 2.05) is 46.8 Å². The van der Waals surface area contributed by atoms with E-state index in [0.29, 0.717) is 6.29 Å². The number of aliphatic hydroxyl groups is 1. The molecular weight excluding hydrogens is 1600 g/mol. The number of carbonyl (C=O) groups excluding carboxylic acids is 2. The lowest BCUT2D eigenvalue weighted by Gasteiger charge is -2.07. The maximum absolute atomic E-state index is 11.2. The Balaban J connectivity index is -0.00000000856. The minimum absolute atomic E-state index is 0. The molecule has 3 unspecified atom stereocenters. The number of terminal acetylenes is 2. The molecule has 0 fully saturated rings. The number of alkyl halides is 2. The Labute approximate surface area is 830 Å². The van der Waals surface area contributed by atoms with E-state index in [9.17, 15) is 18.0 Å². The van der Waals surface area contributed by atoms with Crippen molar-refractivity contribution in [1.29, 1.82) is 0 Å². The number of aldehydes is 1. The van der Waals surface area contributed by atoms with Crippen LogP contribution in [0.25, 0.3) is 0 Å². The summed E-state index contributed by atoms with van der Waals surface area (Å²) in [4.78, 5) is 27.6. The summed E-state index contributed by atoms with van der Waals surface area (Å²) in [5.74, 6) is 202. The molecule has 13 heteroatoms. The van der Waals surface area contributed by atoms with Crippen LogP contribution in [-0.2, 0) is 35.8 Å². The fourth-order valence-corrected chi connectivity index (χ4v) is 4.56. The van der Waals surface area contributed by atoms with Gasteiger partial charge in [0.25, 0.3) is 10.1 Å². The van der Waals surface area contributed by atoms with Gasteiger partial charge in [-0.15, -0.1) is 24.4 Å². The molecule has 10 nitrogen and oxygen atoms in total. The number of nitrogens with zero attached hydrogens (tertiary/aromatic N) is 3. The van der Waals surface area contributed by atoms with Crippen molar-refractivity contribution in [2.24, 2.45) is 7.05 Å². The number of halogens is 2. The highest BCUT2D eigenvalue weighted by Crippen LogP contribution is 2.00. The van der Waals surface area contributed by atoms with Crippen molar-refractivity contribution in [2.45, 2.75) is 59.8 Å². The molecule has 1 amide bonds. The molecule has 0 aliphatic heterocycles. The molecule has 0 bridgehead atoms. The zero-order chi connectivity index (χ0) is 87.8. The van der Waals surface area contributed by atoms with Crippen LogP contribution in [0.2, 0.25) is 0 Å². The first-order valence-corrected chi connectivity index (χ1v) is 35.1. The predicted molar refractivity (Wildman–Crippen MR) is 638 cm³/mol. The molecule has 1 heterocycles. The summed E-state index contributed by atoms with van der Waals surface area (Å²) < 4.78 is 30.2. The highest BCUT2D eigenvalue weighted by Gasteiger charge is 2.07. The first kappa shape index (κ1) is 109. The molecule has 1 aromatic heterocycles. The summed E-state index contributed by atoms with van der Waals surface area (Å²) in [6, 6.07) is 0.0451. The van der Waals surface area contributed by atoms with Gasteiger partial charge in [0.05, 0.1) is 20.4 Å². The molecule has 3 atom stereocenters. The fraction of sp³-hybridized carbons (Fsp3) is 0.144. The number of aryl methyl sites for hydroxylation is 1. The van der Waals surface area contributed by atoms with E-state index in [-0.39, 0.29) is 119 Å². The van der Waals surface area contributed by atoms with E-state index in [2.05, 4.69) is 529 Å². The summed E-state index contributed by atoms with van der Waals surface area (Å²) in [6.07, 6.45) is 17.1. The largest absolute Gasteiger partial charge is 0.381 e. The third-order valence-electron chi connectivity index (χ3n) is 7.96. The van der Waals surface area contributed by atoms with Gasteiger partial charge in [-0.25, -0.2) is 14.2 Å². The van der Waals surface area contributed by atoms with Gasteiger partial charge < -0.3 is 5.11 Å². The van der Waals surface area contributed by atoms with Gasteiger partial charge in [0, 0.05) is 132 Å². The Morgan fingerprint density at radius 3 is 0.880 bits per heavy atom. The first-order valence-electron chi connectivity index (χ1n) is 30.4. The molecule has 0 spiro atoms. The number of imidazole rings is 1. The van der Waals surface area contributed by atoms with E-state index >= 15 is 0 Å². The summed E-state index contributed by atoms with van der Waals surface area (Å²) >= 11 is 6.79. The standard InChI is InChI=1S/C24H11N2.C21H8O3S.C20H9NO2.C19H8O.C18H4O.CH3Cl.CH3I.79H2/c1-4-5-6-7-8-9-10-11-12-13-14-15-16-17-18-19-20-24(2)26-22-21-25(3)23-26;1-4-5-6-7-8-9-10-11-12-13-14-15-16-17-18-19-20-21(2)24-25(3,22)23;1-4-5-6-7-8-9-10-11-12-13-14-15-16-17-18-19-20(22)21(2)23-3;1-3-4-5-6-7-8-9-10-11-12-13-14-15-16-17-18-19(2)20;1-2-3-4-5-6-7-8-9-10-11-12-13-14-15-16-17-18-19;2*1-2;;;;;;;;;;;;;;;;;;;;;;;;;;;;;;;;;;;;;;;;;;;;;;;;;;;;;;;;;;;;;;;;;;;;;;;;;;;;;;;/h1,21-24H,2-3H3;1,21H,2-3H3;1-3H3;19-20H,1-2H3;18H,1H3;2*1H3;79*1H/q+1;;;;;;;;;;;;;;;;;;;;;;;;;;;;;;;;;;;;;;;;;;;;;;;;;;;;;;;;;;;;;;;;;;;;;;;;;;;;;;;;;;;;;. The molecule has 1 aromatic rings. The molecule has 0 aliphatic carbocycles. The van der Waals surface area contributed by atoms with Crippen LogP contribution in [0.4, 0.5) is 0 Å². The van der Waals surface area contributed by atoms with E-state index in [1.165, 1.54) is 27.5 Å². The number of amides is 1. The SMILES string of the molecule is C#CC#CC#CC#CC#CC#CC#CC#CC#CC(C)OS(C)(=O)=O.C#CC#CC#CC#CC#CC#CC#CC#CC#CC(C)n1cc[n+](C)c1.CC#CC#CC#CC#CC#CC#CC#CC#CC(=O)N(C)OC.CC#CC#CC#CC#CC#CC#CC#CC#CC(C)O.CC#CC#CC#CC#CC#CC#CC#CC#CC=O.CCl.CI.[HH].[HH].[HH].[HH].[HH].[HH].[HH].[HH].[HH].[HH].[HH].[HH].[HH].[HH].[HH].[HH].[HH].[HH].[HH].[HH].[HH].[HH].[HH].[HH].[HH].[HH].[HH].[HH].[HH].[HH].[HH].[HH].[HH].[HH].[HH].[HH].[HH].[HH].[HH].[HH].[HH].[HH].[HH].[HH].[HH].[HH].[HH].[HH].[HH].[HH].[HH].[HH].[HH].[HH].[HH].[HH].[HH].[HH].[HH].[HH].[HH].[HH].[HH].[HH].[HH].[HH].[HH].[HH].[HH].[HH].[HH].[HH].[HH].[HH].[HH].[HH].[HH].[HH].[HH]. The molecule has 117 heavy (non-hydrogen) atoms. The molecule has 1 N–H and O–H groups in total. The molecule has 696 valence electrons. The first-order chi connectivity index (χ1) is 57.1. The number of hydrogen-bond donors (Lipinski definition) is 1. The van der Waals surface area contributed by atoms with Crippen molar-refractivity contribution >= 4 is 56.5 Å². The van der Waals surface area contributed by atoms with Crippen molar-refractivity contribution < 1.29 is 149 Å². The Kier molecular flexibility index (Phi) is 89.8. The van der Waals surface area contributed by atoms with E-state index in [4.69, 9.17) is 18.0 Å². The molecular formula is C104H204ClIN3O7S+. The maximum Gasteiger partial charge on any atom is 0.322 e. The quantitative estimate of drug-likeness (QED) is 0.0606. The van der Waals surface area contributed by atoms with Crippen LogP contribution >= 0.6 is 34.2 Å². The Bertz CT molecular complexity index is 7140. The van der Waals surface area contributed by atoms with Gasteiger partial charge in [0.15, 0.2) is 12.3 Å². The Morgan fingerprint density at radius 1 is 0.427 bits per heavy atom. The van der Waals surface area contributed by atoms with E-state index in [1.54, 1.807) is 27.7 Å². The summed E-state index contributed by atoms with van der Waals surface area (Å²) in [7, 11) is 1.22. The van der Waals surface area contributed by atoms with Crippen molar-refractivity contribution in [3.8, 4) is 498 Å². The van der Waals surface area contributed by atoms with Gasteiger partial charge in [-0.05, 0) is 496 Å². The van der Waals surface area contributed by atoms with Gasteiger partial charge in [0.1, 0.15) is 24.6 Å². The van der Waals surface area contributed by atoms with Crippen molar-refractivity contribution in [1.82, 2.24) is 9.63 Å². The average molecular weight is 1800 g/mol. The minimum atomic E-state index is -3.53. The van der Waals surface area contributed by atoms with Gasteiger partial charge in [-0.3, -0.25) is 18.6 Å². The van der Waals surface area contributed by atoms with Crippen molar-refractivity contribution in [3.63, 3.8) is 0 Å². The second-order valence-corrected chi connectivity index (χ2v) is 17.8. The predicted octanol–water partition coefficient (Wildman–Crippen LogP) is 22.6. The number of aromatic nitrogens is 2. The third kappa shape index (κ3) is 105. The molecule has 0 aliphatic rings. The Hall–Kier alpha value is -19.3.